The first-order valence-corrected chi connectivity index (χ1v) is 22.5. The van der Waals surface area contributed by atoms with Crippen LogP contribution in [0.4, 0.5) is 15.8 Å². The van der Waals surface area contributed by atoms with Crippen LogP contribution in [0.1, 0.15) is 68.3 Å². The monoisotopic (exact) mass is 866 g/mol. The third kappa shape index (κ3) is 13.8. The van der Waals surface area contributed by atoms with Gasteiger partial charge in [-0.15, -0.1) is 0 Å². The maximum absolute atomic E-state index is 13.5. The number of hydrogen-bond acceptors (Lipinski definition) is 7. The maximum Gasteiger partial charge on any atom is 0.335 e. The summed E-state index contributed by atoms with van der Waals surface area (Å²) in [6, 6.07) is 37.7. The quantitative estimate of drug-likeness (QED) is 0.0613. The van der Waals surface area contributed by atoms with Crippen LogP contribution in [0, 0.1) is 12.7 Å². The lowest BCUT2D eigenvalue weighted by Crippen LogP contribution is -2.14. The van der Waals surface area contributed by atoms with E-state index in [1.165, 1.54) is 30.3 Å². The van der Waals surface area contributed by atoms with Crippen molar-refractivity contribution in [3.8, 4) is 5.75 Å². The molecule has 11 nitrogen and oxygen atoms in total. The standard InChI is InChI=1S/C25H27NO5S.C22H20FNO4S/c1-2-3-16-31-23-12-14-24(15-13-23)32(29,30)26-22-9-5-7-20(18-22)11-10-19-6-4-8-21(17-19)25(27)28;1-15-8-11-19(23)14-21(15)29(27,28)24-20-7-3-5-17(13-20)10-9-16-4-2-6-18(12-16)22(25)26/h4-9,12-15,17-18,26H,2-3,10-11,16H2,1H3,(H,27,28);2-8,11-14,24H,9-10H2,1H3,(H,25,26). The van der Waals surface area contributed by atoms with Crippen molar-refractivity contribution in [3.05, 3.63) is 184 Å². The van der Waals surface area contributed by atoms with Gasteiger partial charge in [0, 0.05) is 11.4 Å². The smallest absolute Gasteiger partial charge is 0.335 e. The normalized spacial score (nSPS) is 11.2. The second kappa shape index (κ2) is 21.1. The molecule has 61 heavy (non-hydrogen) atoms. The Bertz CT molecular complexity index is 2690. The van der Waals surface area contributed by atoms with Crippen molar-refractivity contribution in [2.45, 2.75) is 62.2 Å². The molecule has 0 atom stereocenters. The Morgan fingerprint density at radius 1 is 0.590 bits per heavy atom. The van der Waals surface area contributed by atoms with Crippen LogP contribution in [0.5, 0.6) is 5.75 Å². The van der Waals surface area contributed by atoms with Gasteiger partial charge in [-0.2, -0.15) is 0 Å². The van der Waals surface area contributed by atoms with E-state index < -0.39 is 37.8 Å². The highest BCUT2D eigenvalue weighted by molar-refractivity contribution is 7.93. The van der Waals surface area contributed by atoms with Crippen molar-refractivity contribution in [3.63, 3.8) is 0 Å². The van der Waals surface area contributed by atoms with E-state index in [1.54, 1.807) is 85.8 Å². The molecular weight excluding hydrogens is 820 g/mol. The molecule has 0 bridgehead atoms. The molecule has 0 aliphatic carbocycles. The van der Waals surface area contributed by atoms with E-state index >= 15 is 0 Å². The highest BCUT2D eigenvalue weighted by atomic mass is 32.2. The molecule has 0 amide bonds. The predicted octanol–water partition coefficient (Wildman–Crippen LogP) is 9.57. The topological polar surface area (TPSA) is 176 Å². The molecule has 4 N–H and O–H groups in total. The fraction of sp³-hybridized carbons (Fsp3) is 0.191. The van der Waals surface area contributed by atoms with Crippen LogP contribution in [-0.2, 0) is 45.7 Å². The van der Waals surface area contributed by atoms with Crippen LogP contribution in [0.25, 0.3) is 0 Å². The van der Waals surface area contributed by atoms with Gasteiger partial charge in [0.2, 0.25) is 0 Å². The van der Waals surface area contributed by atoms with Gasteiger partial charge in [-0.3, -0.25) is 9.44 Å². The van der Waals surface area contributed by atoms with E-state index in [0.717, 1.165) is 41.2 Å². The first-order chi connectivity index (χ1) is 29.1. The summed E-state index contributed by atoms with van der Waals surface area (Å²) in [6.45, 7) is 4.29. The van der Waals surface area contributed by atoms with Gasteiger partial charge in [-0.1, -0.05) is 67.9 Å². The lowest BCUT2D eigenvalue weighted by molar-refractivity contribution is 0.0686. The van der Waals surface area contributed by atoms with Gasteiger partial charge in [-0.05, 0) is 152 Å². The van der Waals surface area contributed by atoms with Gasteiger partial charge >= 0.3 is 11.9 Å². The number of sulfonamides is 2. The average Bonchev–Trinajstić information content (AvgIpc) is 3.23. The summed E-state index contributed by atoms with van der Waals surface area (Å²) >= 11 is 0. The first kappa shape index (κ1) is 45.6. The number of carboxylic acids is 2. The molecule has 0 saturated carbocycles. The molecule has 0 spiro atoms. The predicted molar refractivity (Wildman–Crippen MR) is 234 cm³/mol. The molecule has 0 unspecified atom stereocenters. The van der Waals surface area contributed by atoms with E-state index in [9.17, 15) is 30.8 Å². The highest BCUT2D eigenvalue weighted by Gasteiger charge is 2.18. The maximum atomic E-state index is 13.5. The fourth-order valence-corrected chi connectivity index (χ4v) is 8.57. The third-order valence-electron chi connectivity index (χ3n) is 9.45. The number of ether oxygens (including phenoxy) is 1. The third-order valence-corrected chi connectivity index (χ3v) is 12.4. The zero-order valence-electron chi connectivity index (χ0n) is 33.7. The van der Waals surface area contributed by atoms with Crippen molar-refractivity contribution in [1.82, 2.24) is 0 Å². The summed E-state index contributed by atoms with van der Waals surface area (Å²) in [7, 11) is -7.65. The van der Waals surface area contributed by atoms with E-state index in [0.29, 0.717) is 55.0 Å². The molecule has 14 heteroatoms. The SMILES string of the molecule is CCCCOc1ccc(S(=O)(=O)Nc2cccc(CCc3cccc(C(=O)O)c3)c2)cc1.Cc1ccc(F)cc1S(=O)(=O)Nc1cccc(CCc2cccc(C(=O)O)c2)c1. The van der Waals surface area contributed by atoms with E-state index in [1.807, 2.05) is 24.3 Å². The number of carbonyl (C=O) groups is 2. The van der Waals surface area contributed by atoms with Crippen molar-refractivity contribution in [2.75, 3.05) is 16.1 Å². The minimum atomic E-state index is -3.92. The van der Waals surface area contributed by atoms with Gasteiger partial charge in [-0.25, -0.2) is 30.8 Å². The zero-order chi connectivity index (χ0) is 44.0. The Labute approximate surface area is 356 Å². The molecule has 6 aromatic rings. The molecule has 6 rings (SSSR count). The van der Waals surface area contributed by atoms with Gasteiger partial charge in [0.15, 0.2) is 0 Å². The summed E-state index contributed by atoms with van der Waals surface area (Å²) in [5.41, 5.74) is 5.43. The number of anilines is 2. The molecular formula is C47H47FN2O9S2. The number of aromatic carboxylic acids is 2. The number of benzene rings is 6. The van der Waals surface area contributed by atoms with Crippen LogP contribution in [0.15, 0.2) is 149 Å². The second-order valence-electron chi connectivity index (χ2n) is 14.2. The fourth-order valence-electron chi connectivity index (χ4n) is 6.21. The van der Waals surface area contributed by atoms with Crippen molar-refractivity contribution >= 4 is 43.4 Å². The zero-order valence-corrected chi connectivity index (χ0v) is 35.3. The Balaban J connectivity index is 0.000000232. The molecule has 0 aromatic heterocycles. The molecule has 0 heterocycles. The minimum Gasteiger partial charge on any atom is -0.494 e. The van der Waals surface area contributed by atoms with Gasteiger partial charge in [0.1, 0.15) is 11.6 Å². The Morgan fingerprint density at radius 3 is 1.52 bits per heavy atom. The first-order valence-electron chi connectivity index (χ1n) is 19.5. The van der Waals surface area contributed by atoms with Gasteiger partial charge in [0.25, 0.3) is 20.0 Å². The van der Waals surface area contributed by atoms with Crippen LogP contribution in [0.3, 0.4) is 0 Å². The summed E-state index contributed by atoms with van der Waals surface area (Å²) in [5, 5.41) is 18.2. The molecule has 0 aliphatic heterocycles. The molecule has 0 radical (unpaired) electrons. The van der Waals surface area contributed by atoms with Crippen LogP contribution in [-0.4, -0.2) is 45.6 Å². The molecule has 0 aliphatic rings. The number of rotatable bonds is 18. The Kier molecular flexibility index (Phi) is 15.8. The van der Waals surface area contributed by atoms with E-state index in [2.05, 4.69) is 16.4 Å². The number of hydrogen-bond donors (Lipinski definition) is 4. The summed E-state index contributed by atoms with van der Waals surface area (Å²) in [6.07, 6.45) is 4.50. The molecule has 318 valence electrons. The Morgan fingerprint density at radius 2 is 1.05 bits per heavy atom. The van der Waals surface area contributed by atoms with Gasteiger partial charge < -0.3 is 14.9 Å². The van der Waals surface area contributed by atoms with Gasteiger partial charge in [0.05, 0.1) is 27.5 Å². The molecule has 0 fully saturated rings. The lowest BCUT2D eigenvalue weighted by atomic mass is 10.0. The molecule has 0 saturated heterocycles. The van der Waals surface area contributed by atoms with Crippen molar-refractivity contribution in [1.29, 1.82) is 0 Å². The van der Waals surface area contributed by atoms with Crippen molar-refractivity contribution < 1.29 is 45.8 Å². The number of unbranched alkanes of at least 4 members (excludes halogenated alkanes) is 1. The largest absolute Gasteiger partial charge is 0.494 e. The average molecular weight is 867 g/mol. The van der Waals surface area contributed by atoms with Crippen LogP contribution in [0.2, 0.25) is 0 Å². The Hall–Kier alpha value is -6.51. The van der Waals surface area contributed by atoms with Crippen LogP contribution >= 0.6 is 0 Å². The number of nitrogens with one attached hydrogen (secondary N) is 2. The van der Waals surface area contributed by atoms with E-state index in [-0.39, 0.29) is 20.9 Å². The van der Waals surface area contributed by atoms with Crippen molar-refractivity contribution in [2.24, 2.45) is 0 Å². The number of halogens is 1. The lowest BCUT2D eigenvalue weighted by Gasteiger charge is -2.12. The summed E-state index contributed by atoms with van der Waals surface area (Å²) in [5.74, 6) is -1.90. The minimum absolute atomic E-state index is 0.103. The highest BCUT2D eigenvalue weighted by Crippen LogP contribution is 2.23. The van der Waals surface area contributed by atoms with Crippen LogP contribution < -0.4 is 14.2 Å². The number of aryl methyl sites for hydroxylation is 5. The van der Waals surface area contributed by atoms with E-state index in [4.69, 9.17) is 14.9 Å². The summed E-state index contributed by atoms with van der Waals surface area (Å²) < 4.78 is 75.0. The second-order valence-corrected chi connectivity index (χ2v) is 17.5. The molecule has 6 aromatic carbocycles. The summed E-state index contributed by atoms with van der Waals surface area (Å²) in [4.78, 5) is 22.3. The number of carboxylic acid groups (broad SMARTS) is 2.